The number of rotatable bonds is 6. The molecule has 0 aromatic heterocycles. The molecular weight excluding hydrogens is 364 g/mol. The first-order valence-corrected chi connectivity index (χ1v) is 9.36. The second-order valence-corrected chi connectivity index (χ2v) is 7.49. The van der Waals surface area contributed by atoms with Crippen molar-refractivity contribution in [2.24, 2.45) is 11.8 Å². The summed E-state index contributed by atoms with van der Waals surface area (Å²) in [4.78, 5) is 25.0. The van der Waals surface area contributed by atoms with E-state index in [1.807, 2.05) is 45.0 Å². The minimum Gasteiger partial charge on any atom is -0.489 e. The number of nitrogens with one attached hydrogen (secondary N) is 2. The molecule has 2 aromatic carbocycles. The SMILES string of the molecule is Cc1ccc(Cl)cc1NC(=O)C1CC1C(=O)Nc1ccccc1OC(C)C. The first-order chi connectivity index (χ1) is 12.8. The van der Waals surface area contributed by atoms with E-state index in [0.29, 0.717) is 28.6 Å². The second kappa shape index (κ2) is 8.01. The van der Waals surface area contributed by atoms with Crippen LogP contribution in [0.15, 0.2) is 42.5 Å². The van der Waals surface area contributed by atoms with E-state index in [9.17, 15) is 9.59 Å². The lowest BCUT2D eigenvalue weighted by molar-refractivity contribution is -0.122. The molecule has 2 amide bonds. The number of para-hydroxylation sites is 2. The topological polar surface area (TPSA) is 67.4 Å². The largest absolute Gasteiger partial charge is 0.489 e. The predicted octanol–water partition coefficient (Wildman–Crippen LogP) is 4.65. The highest BCUT2D eigenvalue weighted by atomic mass is 35.5. The van der Waals surface area contributed by atoms with Crippen LogP contribution in [-0.2, 0) is 9.59 Å². The van der Waals surface area contributed by atoms with E-state index in [2.05, 4.69) is 10.6 Å². The summed E-state index contributed by atoms with van der Waals surface area (Å²) in [6.45, 7) is 5.75. The van der Waals surface area contributed by atoms with Crippen LogP contribution in [0.25, 0.3) is 0 Å². The summed E-state index contributed by atoms with van der Waals surface area (Å²) in [5.41, 5.74) is 2.22. The number of carbonyl (C=O) groups is 2. The van der Waals surface area contributed by atoms with Crippen LogP contribution in [0.3, 0.4) is 0 Å². The summed E-state index contributed by atoms with van der Waals surface area (Å²) >= 11 is 5.99. The highest BCUT2D eigenvalue weighted by Crippen LogP contribution is 2.41. The lowest BCUT2D eigenvalue weighted by atomic mass is 10.2. The van der Waals surface area contributed by atoms with Crippen molar-refractivity contribution in [2.45, 2.75) is 33.3 Å². The normalized spacial score (nSPS) is 18.1. The molecule has 2 atom stereocenters. The van der Waals surface area contributed by atoms with E-state index in [1.165, 1.54) is 0 Å². The molecule has 27 heavy (non-hydrogen) atoms. The third-order valence-corrected chi connectivity index (χ3v) is 4.66. The van der Waals surface area contributed by atoms with Gasteiger partial charge in [0.25, 0.3) is 0 Å². The Labute approximate surface area is 164 Å². The van der Waals surface area contributed by atoms with Crippen molar-refractivity contribution in [2.75, 3.05) is 10.6 Å². The van der Waals surface area contributed by atoms with Gasteiger partial charge in [0, 0.05) is 10.7 Å². The Morgan fingerprint density at radius 3 is 2.33 bits per heavy atom. The molecule has 5 nitrogen and oxygen atoms in total. The monoisotopic (exact) mass is 386 g/mol. The minimum atomic E-state index is -0.336. The average molecular weight is 387 g/mol. The number of ether oxygens (including phenoxy) is 1. The highest BCUT2D eigenvalue weighted by molar-refractivity contribution is 6.31. The fraction of sp³-hybridized carbons (Fsp3) is 0.333. The van der Waals surface area contributed by atoms with Crippen molar-refractivity contribution in [3.63, 3.8) is 0 Å². The van der Waals surface area contributed by atoms with E-state index in [1.54, 1.807) is 18.2 Å². The van der Waals surface area contributed by atoms with Gasteiger partial charge >= 0.3 is 0 Å². The van der Waals surface area contributed by atoms with Crippen LogP contribution in [0.4, 0.5) is 11.4 Å². The Morgan fingerprint density at radius 2 is 1.67 bits per heavy atom. The summed E-state index contributed by atoms with van der Waals surface area (Å²) < 4.78 is 5.72. The van der Waals surface area contributed by atoms with Crippen LogP contribution >= 0.6 is 11.6 Å². The average Bonchev–Trinajstić information content (AvgIpc) is 3.40. The van der Waals surface area contributed by atoms with Crippen LogP contribution in [0.2, 0.25) is 5.02 Å². The summed E-state index contributed by atoms with van der Waals surface area (Å²) in [6, 6.07) is 12.6. The molecule has 2 unspecified atom stereocenters. The standard InChI is InChI=1S/C21H23ClN2O3/c1-12(2)27-19-7-5-4-6-17(19)23-20(25)15-11-16(15)21(26)24-18-10-14(22)9-8-13(18)3/h4-10,12,15-16H,11H2,1-3H3,(H,23,25)(H,24,26). The third-order valence-electron chi connectivity index (χ3n) is 4.43. The van der Waals surface area contributed by atoms with Gasteiger partial charge in [0.2, 0.25) is 11.8 Å². The lowest BCUT2D eigenvalue weighted by Crippen LogP contribution is -2.21. The number of halogens is 1. The molecule has 142 valence electrons. The minimum absolute atomic E-state index is 0.00318. The van der Waals surface area contributed by atoms with Crippen molar-refractivity contribution in [3.05, 3.63) is 53.1 Å². The molecule has 2 aromatic rings. The van der Waals surface area contributed by atoms with E-state index in [0.717, 1.165) is 5.56 Å². The Kier molecular flexibility index (Phi) is 5.71. The molecule has 0 heterocycles. The molecule has 0 radical (unpaired) electrons. The molecular formula is C21H23ClN2O3. The van der Waals surface area contributed by atoms with Crippen LogP contribution in [-0.4, -0.2) is 17.9 Å². The van der Waals surface area contributed by atoms with Crippen molar-refractivity contribution < 1.29 is 14.3 Å². The van der Waals surface area contributed by atoms with Crippen molar-refractivity contribution in [1.29, 1.82) is 0 Å². The van der Waals surface area contributed by atoms with Gasteiger partial charge in [-0.05, 0) is 57.0 Å². The molecule has 2 N–H and O–H groups in total. The van der Waals surface area contributed by atoms with Crippen molar-refractivity contribution in [3.8, 4) is 5.75 Å². The van der Waals surface area contributed by atoms with Gasteiger partial charge < -0.3 is 15.4 Å². The summed E-state index contributed by atoms with van der Waals surface area (Å²) in [5, 5.41) is 6.31. The van der Waals surface area contributed by atoms with E-state index in [4.69, 9.17) is 16.3 Å². The van der Waals surface area contributed by atoms with Crippen molar-refractivity contribution in [1.82, 2.24) is 0 Å². The zero-order chi connectivity index (χ0) is 19.6. The number of aryl methyl sites for hydroxylation is 1. The number of carbonyl (C=O) groups excluding carboxylic acids is 2. The number of benzene rings is 2. The molecule has 0 saturated heterocycles. The van der Waals surface area contributed by atoms with Gasteiger partial charge in [0.1, 0.15) is 5.75 Å². The summed E-state index contributed by atoms with van der Waals surface area (Å²) in [7, 11) is 0. The first kappa shape index (κ1) is 19.2. The Balaban J connectivity index is 1.61. The van der Waals surface area contributed by atoms with Gasteiger partial charge in [-0.2, -0.15) is 0 Å². The molecule has 1 saturated carbocycles. The quantitative estimate of drug-likeness (QED) is 0.759. The fourth-order valence-corrected chi connectivity index (χ4v) is 3.05. The van der Waals surface area contributed by atoms with E-state index < -0.39 is 0 Å². The molecule has 1 aliphatic rings. The van der Waals surface area contributed by atoms with Crippen molar-refractivity contribution >= 4 is 34.8 Å². The van der Waals surface area contributed by atoms with Crippen LogP contribution in [0.5, 0.6) is 5.75 Å². The first-order valence-electron chi connectivity index (χ1n) is 8.98. The van der Waals surface area contributed by atoms with Gasteiger partial charge in [-0.25, -0.2) is 0 Å². The maximum atomic E-state index is 12.5. The van der Waals surface area contributed by atoms with E-state index in [-0.39, 0.29) is 29.8 Å². The molecule has 1 fully saturated rings. The fourth-order valence-electron chi connectivity index (χ4n) is 2.88. The maximum Gasteiger partial charge on any atom is 0.228 e. The van der Waals surface area contributed by atoms with Crippen LogP contribution in [0, 0.1) is 18.8 Å². The van der Waals surface area contributed by atoms with Gasteiger partial charge in [-0.1, -0.05) is 29.8 Å². The van der Waals surface area contributed by atoms with Crippen LogP contribution in [0.1, 0.15) is 25.8 Å². The Morgan fingerprint density at radius 1 is 1.04 bits per heavy atom. The summed E-state index contributed by atoms with van der Waals surface area (Å²) in [5.74, 6) is -0.375. The van der Waals surface area contributed by atoms with Gasteiger partial charge in [-0.15, -0.1) is 0 Å². The predicted molar refractivity (Wildman–Crippen MR) is 107 cm³/mol. The number of amides is 2. The number of anilines is 2. The van der Waals surface area contributed by atoms with Gasteiger partial charge in [-0.3, -0.25) is 9.59 Å². The lowest BCUT2D eigenvalue weighted by Gasteiger charge is -2.14. The Bertz CT molecular complexity index is 866. The Hall–Kier alpha value is -2.53. The third kappa shape index (κ3) is 4.80. The number of hydrogen-bond donors (Lipinski definition) is 2. The zero-order valence-corrected chi connectivity index (χ0v) is 16.3. The highest BCUT2D eigenvalue weighted by Gasteiger charge is 2.48. The molecule has 0 spiro atoms. The number of hydrogen-bond acceptors (Lipinski definition) is 3. The maximum absolute atomic E-state index is 12.5. The van der Waals surface area contributed by atoms with Gasteiger partial charge in [0.05, 0.1) is 23.6 Å². The summed E-state index contributed by atoms with van der Waals surface area (Å²) in [6.07, 6.45) is 0.535. The second-order valence-electron chi connectivity index (χ2n) is 7.05. The smallest absolute Gasteiger partial charge is 0.228 e. The zero-order valence-electron chi connectivity index (χ0n) is 15.6. The van der Waals surface area contributed by atoms with Crippen LogP contribution < -0.4 is 15.4 Å². The van der Waals surface area contributed by atoms with Gasteiger partial charge in [0.15, 0.2) is 0 Å². The molecule has 0 bridgehead atoms. The molecule has 1 aliphatic carbocycles. The van der Waals surface area contributed by atoms with E-state index >= 15 is 0 Å². The molecule has 6 heteroatoms. The molecule has 3 rings (SSSR count). The molecule has 0 aliphatic heterocycles.